The summed E-state index contributed by atoms with van der Waals surface area (Å²) in [6.07, 6.45) is 7.23. The molecular formula is C15H16ClN3O2S2. The van der Waals surface area contributed by atoms with Crippen LogP contribution in [0.1, 0.15) is 19.8 Å². The second kappa shape index (κ2) is 7.90. The van der Waals surface area contributed by atoms with Gasteiger partial charge in [-0.1, -0.05) is 37.2 Å². The minimum Gasteiger partial charge on any atom is -0.294 e. The maximum absolute atomic E-state index is 12.2. The minimum absolute atomic E-state index is 0. The SMILES string of the molecule is CCC/C=C1/SC(=O)N(CSc2cccc3nccn23)C1=O.Cl. The molecule has 2 amide bonds. The van der Waals surface area contributed by atoms with Crippen LogP contribution in [0, 0.1) is 0 Å². The molecule has 23 heavy (non-hydrogen) atoms. The number of unbranched alkanes of at least 4 members (excludes halogenated alkanes) is 1. The number of pyridine rings is 1. The Hall–Kier alpha value is -1.44. The lowest BCUT2D eigenvalue weighted by atomic mass is 10.3. The zero-order valence-corrected chi connectivity index (χ0v) is 14.9. The second-order valence-corrected chi connectivity index (χ2v) is 6.71. The van der Waals surface area contributed by atoms with Crippen molar-refractivity contribution in [3.63, 3.8) is 0 Å². The third-order valence-electron chi connectivity index (χ3n) is 3.22. The first-order valence-electron chi connectivity index (χ1n) is 6.99. The van der Waals surface area contributed by atoms with E-state index < -0.39 is 0 Å². The number of hydrogen-bond donors (Lipinski definition) is 0. The molecule has 0 bridgehead atoms. The Labute approximate surface area is 148 Å². The molecule has 1 aliphatic rings. The Balaban J connectivity index is 0.00000192. The van der Waals surface area contributed by atoms with Crippen molar-refractivity contribution in [1.82, 2.24) is 14.3 Å². The zero-order valence-electron chi connectivity index (χ0n) is 12.5. The Morgan fingerprint density at radius 2 is 2.17 bits per heavy atom. The fourth-order valence-corrected chi connectivity index (χ4v) is 3.98. The summed E-state index contributed by atoms with van der Waals surface area (Å²) in [7, 11) is 0. The molecule has 0 saturated carbocycles. The number of carbonyl (C=O) groups excluding carboxylic acids is 2. The topological polar surface area (TPSA) is 54.7 Å². The van der Waals surface area contributed by atoms with Gasteiger partial charge in [0, 0.05) is 12.4 Å². The fourth-order valence-electron chi connectivity index (χ4n) is 2.09. The predicted octanol–water partition coefficient (Wildman–Crippen LogP) is 4.19. The lowest BCUT2D eigenvalue weighted by Gasteiger charge is -2.12. The molecule has 0 aliphatic carbocycles. The van der Waals surface area contributed by atoms with Crippen LogP contribution in [0.2, 0.25) is 0 Å². The van der Waals surface area contributed by atoms with Crippen molar-refractivity contribution < 1.29 is 9.59 Å². The van der Waals surface area contributed by atoms with Crippen molar-refractivity contribution in [1.29, 1.82) is 0 Å². The fraction of sp³-hybridized carbons (Fsp3) is 0.267. The van der Waals surface area contributed by atoms with Gasteiger partial charge in [0.2, 0.25) is 0 Å². The van der Waals surface area contributed by atoms with E-state index in [9.17, 15) is 9.59 Å². The maximum atomic E-state index is 12.2. The van der Waals surface area contributed by atoms with Gasteiger partial charge in [0.1, 0.15) is 5.65 Å². The van der Waals surface area contributed by atoms with Crippen LogP contribution < -0.4 is 0 Å². The van der Waals surface area contributed by atoms with E-state index in [1.165, 1.54) is 16.7 Å². The molecule has 0 aromatic carbocycles. The van der Waals surface area contributed by atoms with Gasteiger partial charge in [-0.2, -0.15) is 0 Å². The normalized spacial score (nSPS) is 16.4. The van der Waals surface area contributed by atoms with E-state index in [1.54, 1.807) is 6.20 Å². The lowest BCUT2D eigenvalue weighted by Crippen LogP contribution is -2.27. The van der Waals surface area contributed by atoms with Gasteiger partial charge >= 0.3 is 0 Å². The Kier molecular flexibility index (Phi) is 6.15. The van der Waals surface area contributed by atoms with Gasteiger partial charge in [-0.25, -0.2) is 4.98 Å². The minimum atomic E-state index is -0.197. The highest BCUT2D eigenvalue weighted by molar-refractivity contribution is 8.18. The predicted molar refractivity (Wildman–Crippen MR) is 96.0 cm³/mol. The molecule has 3 rings (SSSR count). The molecule has 122 valence electrons. The highest BCUT2D eigenvalue weighted by Gasteiger charge is 2.34. The van der Waals surface area contributed by atoms with Crippen molar-refractivity contribution >= 4 is 52.7 Å². The maximum Gasteiger partial charge on any atom is 0.294 e. The third-order valence-corrected chi connectivity index (χ3v) is 5.20. The van der Waals surface area contributed by atoms with Crippen LogP contribution in [0.15, 0.2) is 46.6 Å². The summed E-state index contributed by atoms with van der Waals surface area (Å²) in [5, 5.41) is 0.754. The summed E-state index contributed by atoms with van der Waals surface area (Å²) < 4.78 is 1.94. The first-order chi connectivity index (χ1) is 10.7. The van der Waals surface area contributed by atoms with Crippen LogP contribution in [-0.4, -0.2) is 31.3 Å². The summed E-state index contributed by atoms with van der Waals surface area (Å²) >= 11 is 2.48. The summed E-state index contributed by atoms with van der Waals surface area (Å²) in [5.41, 5.74) is 0.849. The number of allylic oxidation sites excluding steroid dienone is 1. The molecule has 0 atom stereocenters. The molecular weight excluding hydrogens is 354 g/mol. The van der Waals surface area contributed by atoms with Crippen molar-refractivity contribution in [2.24, 2.45) is 0 Å². The van der Waals surface area contributed by atoms with Gasteiger partial charge < -0.3 is 0 Å². The molecule has 0 spiro atoms. The van der Waals surface area contributed by atoms with Crippen molar-refractivity contribution in [3.8, 4) is 0 Å². The number of thioether (sulfide) groups is 2. The van der Waals surface area contributed by atoms with E-state index in [0.717, 1.165) is 35.3 Å². The quantitative estimate of drug-likeness (QED) is 0.584. The van der Waals surface area contributed by atoms with Gasteiger partial charge in [-0.3, -0.25) is 18.9 Å². The van der Waals surface area contributed by atoms with Crippen LogP contribution in [0.4, 0.5) is 4.79 Å². The average molecular weight is 370 g/mol. The van der Waals surface area contributed by atoms with Crippen molar-refractivity contribution in [2.75, 3.05) is 5.88 Å². The largest absolute Gasteiger partial charge is 0.294 e. The summed E-state index contributed by atoms with van der Waals surface area (Å²) in [6, 6.07) is 5.78. The third kappa shape index (κ3) is 3.73. The van der Waals surface area contributed by atoms with E-state index in [-0.39, 0.29) is 23.6 Å². The lowest BCUT2D eigenvalue weighted by molar-refractivity contribution is -0.122. The molecule has 1 saturated heterocycles. The molecule has 5 nitrogen and oxygen atoms in total. The highest BCUT2D eigenvalue weighted by atomic mass is 35.5. The number of imide groups is 1. The molecule has 1 aliphatic heterocycles. The van der Waals surface area contributed by atoms with Crippen LogP contribution in [0.5, 0.6) is 0 Å². The van der Waals surface area contributed by atoms with Crippen LogP contribution in [0.3, 0.4) is 0 Å². The van der Waals surface area contributed by atoms with Gasteiger partial charge in [-0.05, 0) is 30.3 Å². The molecule has 1 fully saturated rings. The first kappa shape index (κ1) is 17.9. The van der Waals surface area contributed by atoms with E-state index in [4.69, 9.17) is 0 Å². The highest BCUT2D eigenvalue weighted by Crippen LogP contribution is 2.33. The van der Waals surface area contributed by atoms with Crippen molar-refractivity contribution in [2.45, 2.75) is 24.8 Å². The molecule has 8 heteroatoms. The summed E-state index contributed by atoms with van der Waals surface area (Å²) in [6.45, 7) is 2.04. The number of imidazole rings is 1. The van der Waals surface area contributed by atoms with Gasteiger partial charge in [0.15, 0.2) is 0 Å². The van der Waals surface area contributed by atoms with Crippen LogP contribution in [0.25, 0.3) is 5.65 Å². The second-order valence-electron chi connectivity index (χ2n) is 4.75. The zero-order chi connectivity index (χ0) is 15.5. The number of nitrogens with zero attached hydrogens (tertiary/aromatic N) is 3. The molecule has 0 radical (unpaired) electrons. The van der Waals surface area contributed by atoms with Gasteiger partial charge in [0.05, 0.1) is 15.8 Å². The number of hydrogen-bond acceptors (Lipinski definition) is 5. The monoisotopic (exact) mass is 369 g/mol. The average Bonchev–Trinajstić information content (AvgIpc) is 3.09. The number of amides is 2. The molecule has 2 aromatic heterocycles. The van der Waals surface area contributed by atoms with E-state index >= 15 is 0 Å². The first-order valence-corrected chi connectivity index (χ1v) is 8.79. The molecule has 0 unspecified atom stereocenters. The summed E-state index contributed by atoms with van der Waals surface area (Å²) in [4.78, 5) is 30.3. The standard InChI is InChI=1S/C15H15N3O2S2.ClH/c1-2-3-5-11-14(19)18(15(20)22-11)10-21-13-7-4-6-12-16-8-9-17(12)13;/h4-9H,2-3,10H2,1H3;1H/b11-5+;. The Bertz CT molecular complexity index is 760. The van der Waals surface area contributed by atoms with Gasteiger partial charge in [-0.15, -0.1) is 12.4 Å². The number of aromatic nitrogens is 2. The molecule has 2 aromatic rings. The van der Waals surface area contributed by atoms with Crippen LogP contribution in [-0.2, 0) is 4.79 Å². The van der Waals surface area contributed by atoms with Crippen molar-refractivity contribution in [3.05, 3.63) is 41.6 Å². The number of halogens is 1. The molecule has 3 heterocycles. The number of fused-ring (bicyclic) bond motifs is 1. The number of rotatable bonds is 5. The Morgan fingerprint density at radius 1 is 1.35 bits per heavy atom. The number of carbonyl (C=O) groups is 2. The van der Waals surface area contributed by atoms with E-state index in [0.29, 0.717) is 10.8 Å². The summed E-state index contributed by atoms with van der Waals surface area (Å²) in [5.74, 6) is 0.125. The Morgan fingerprint density at radius 3 is 2.96 bits per heavy atom. The van der Waals surface area contributed by atoms with E-state index in [1.807, 2.05) is 41.8 Å². The van der Waals surface area contributed by atoms with E-state index in [2.05, 4.69) is 4.98 Å². The van der Waals surface area contributed by atoms with Gasteiger partial charge in [0.25, 0.3) is 11.1 Å². The molecule has 0 N–H and O–H groups in total. The van der Waals surface area contributed by atoms with Crippen LogP contribution >= 0.6 is 35.9 Å². The smallest absolute Gasteiger partial charge is 0.294 e.